The Kier molecular flexibility index (Phi) is 9.82. The standard InChI is InChI=1S/C24H35NO6/c1-24(2,3)25(16-22(27)29-17-20-12-8-5-9-13-20)23(28)31-18-30-21(26)15-14-19-10-6-4-7-11-19/h5,8-9,12-13,19H,4,6-7,10-11,14-18H2,1-3H3. The van der Waals surface area contributed by atoms with Crippen LogP contribution in [0.1, 0.15) is 71.3 Å². The molecule has 0 aliphatic heterocycles. The van der Waals surface area contributed by atoms with Crippen LogP contribution in [-0.2, 0) is 30.4 Å². The van der Waals surface area contributed by atoms with Gasteiger partial charge in [0.25, 0.3) is 0 Å². The summed E-state index contributed by atoms with van der Waals surface area (Å²) in [7, 11) is 0. The molecular formula is C24H35NO6. The molecule has 1 amide bonds. The number of hydrogen-bond donors (Lipinski definition) is 0. The second-order valence-electron chi connectivity index (χ2n) is 8.99. The average molecular weight is 434 g/mol. The Morgan fingerprint density at radius 3 is 2.26 bits per heavy atom. The lowest BCUT2D eigenvalue weighted by atomic mass is 9.86. The van der Waals surface area contributed by atoms with Gasteiger partial charge in [0, 0.05) is 12.0 Å². The van der Waals surface area contributed by atoms with Crippen LogP contribution in [0.3, 0.4) is 0 Å². The molecule has 0 saturated heterocycles. The van der Waals surface area contributed by atoms with Gasteiger partial charge in [0.2, 0.25) is 6.79 Å². The van der Waals surface area contributed by atoms with E-state index in [4.69, 9.17) is 14.2 Å². The SMILES string of the molecule is CC(C)(C)N(CC(=O)OCc1ccccc1)C(=O)OCOC(=O)CCC1CCCCC1. The van der Waals surface area contributed by atoms with Crippen molar-refractivity contribution in [2.45, 2.75) is 77.9 Å². The molecular weight excluding hydrogens is 398 g/mol. The summed E-state index contributed by atoms with van der Waals surface area (Å²) in [4.78, 5) is 37.9. The van der Waals surface area contributed by atoms with E-state index >= 15 is 0 Å². The lowest BCUT2D eigenvalue weighted by molar-refractivity contribution is -0.155. The summed E-state index contributed by atoms with van der Waals surface area (Å²) in [6.45, 7) is 4.77. The predicted octanol–water partition coefficient (Wildman–Crippen LogP) is 4.83. The zero-order chi connectivity index (χ0) is 22.7. The fraction of sp³-hybridized carbons (Fsp3) is 0.625. The number of rotatable bonds is 9. The van der Waals surface area contributed by atoms with Gasteiger partial charge in [-0.3, -0.25) is 14.5 Å². The van der Waals surface area contributed by atoms with E-state index in [9.17, 15) is 14.4 Å². The molecule has 2 rings (SSSR count). The molecule has 0 N–H and O–H groups in total. The van der Waals surface area contributed by atoms with E-state index in [0.29, 0.717) is 12.3 Å². The summed E-state index contributed by atoms with van der Waals surface area (Å²) < 4.78 is 15.4. The van der Waals surface area contributed by atoms with Crippen molar-refractivity contribution in [3.8, 4) is 0 Å². The first-order chi connectivity index (χ1) is 14.8. The van der Waals surface area contributed by atoms with Crippen LogP contribution in [0.4, 0.5) is 4.79 Å². The Hall–Kier alpha value is -2.57. The number of esters is 2. The topological polar surface area (TPSA) is 82.1 Å². The highest BCUT2D eigenvalue weighted by atomic mass is 16.7. The normalized spacial score (nSPS) is 14.5. The van der Waals surface area contributed by atoms with Crippen LogP contribution < -0.4 is 0 Å². The van der Waals surface area contributed by atoms with Crippen molar-refractivity contribution in [3.63, 3.8) is 0 Å². The third-order valence-electron chi connectivity index (χ3n) is 5.44. The Morgan fingerprint density at radius 2 is 1.61 bits per heavy atom. The zero-order valence-electron chi connectivity index (χ0n) is 18.9. The molecule has 7 heteroatoms. The molecule has 0 bridgehead atoms. The van der Waals surface area contributed by atoms with Gasteiger partial charge in [0.1, 0.15) is 13.2 Å². The molecule has 1 aliphatic carbocycles. The quantitative estimate of drug-likeness (QED) is 0.410. The lowest BCUT2D eigenvalue weighted by Crippen LogP contribution is -2.49. The maximum atomic E-state index is 12.5. The van der Waals surface area contributed by atoms with Crippen LogP contribution in [0.5, 0.6) is 0 Å². The number of nitrogens with zero attached hydrogens (tertiary/aromatic N) is 1. The molecule has 31 heavy (non-hydrogen) atoms. The highest BCUT2D eigenvalue weighted by molar-refractivity contribution is 5.78. The minimum Gasteiger partial charge on any atom is -0.459 e. The molecule has 7 nitrogen and oxygen atoms in total. The highest BCUT2D eigenvalue weighted by Gasteiger charge is 2.30. The number of carbonyl (C=O) groups is 3. The van der Waals surface area contributed by atoms with Crippen LogP contribution in [0, 0.1) is 5.92 Å². The minimum absolute atomic E-state index is 0.130. The van der Waals surface area contributed by atoms with Gasteiger partial charge in [-0.25, -0.2) is 4.79 Å². The summed E-state index contributed by atoms with van der Waals surface area (Å²) in [6, 6.07) is 9.31. The Bertz CT molecular complexity index is 707. The van der Waals surface area contributed by atoms with E-state index in [1.54, 1.807) is 20.8 Å². The maximum Gasteiger partial charge on any atom is 0.413 e. The van der Waals surface area contributed by atoms with Crippen molar-refractivity contribution in [2.24, 2.45) is 5.92 Å². The van der Waals surface area contributed by atoms with Crippen molar-refractivity contribution in [1.82, 2.24) is 4.90 Å². The number of hydrogen-bond acceptors (Lipinski definition) is 6. The maximum absolute atomic E-state index is 12.5. The summed E-state index contributed by atoms with van der Waals surface area (Å²) >= 11 is 0. The van der Waals surface area contributed by atoms with Crippen molar-refractivity contribution < 1.29 is 28.6 Å². The van der Waals surface area contributed by atoms with E-state index < -0.39 is 24.4 Å². The van der Waals surface area contributed by atoms with E-state index in [0.717, 1.165) is 12.0 Å². The van der Waals surface area contributed by atoms with Gasteiger partial charge in [0.15, 0.2) is 0 Å². The molecule has 172 valence electrons. The fourth-order valence-electron chi connectivity index (χ4n) is 3.58. The molecule has 0 heterocycles. The van der Waals surface area contributed by atoms with Crippen LogP contribution >= 0.6 is 0 Å². The number of ether oxygens (including phenoxy) is 3. The largest absolute Gasteiger partial charge is 0.459 e. The van der Waals surface area contributed by atoms with Gasteiger partial charge in [-0.15, -0.1) is 0 Å². The molecule has 0 atom stereocenters. The second kappa shape index (κ2) is 12.3. The molecule has 1 aromatic rings. The van der Waals surface area contributed by atoms with Crippen molar-refractivity contribution in [3.05, 3.63) is 35.9 Å². The van der Waals surface area contributed by atoms with E-state index in [-0.39, 0.29) is 19.1 Å². The Morgan fingerprint density at radius 1 is 0.935 bits per heavy atom. The summed E-state index contributed by atoms with van der Waals surface area (Å²) in [5.74, 6) is -0.328. The summed E-state index contributed by atoms with van der Waals surface area (Å²) in [5, 5.41) is 0. The van der Waals surface area contributed by atoms with E-state index in [2.05, 4.69) is 0 Å². The molecule has 1 saturated carbocycles. The van der Waals surface area contributed by atoms with Crippen LogP contribution in [0.15, 0.2) is 30.3 Å². The molecule has 0 aromatic heterocycles. The molecule has 1 aliphatic rings. The summed E-state index contributed by atoms with van der Waals surface area (Å²) in [5.41, 5.74) is 0.189. The third kappa shape index (κ3) is 9.40. The molecule has 0 unspecified atom stereocenters. The second-order valence-corrected chi connectivity index (χ2v) is 8.99. The predicted molar refractivity (Wildman–Crippen MR) is 116 cm³/mol. The molecule has 1 fully saturated rings. The highest BCUT2D eigenvalue weighted by Crippen LogP contribution is 2.27. The van der Waals surface area contributed by atoms with Gasteiger partial charge in [0.05, 0.1) is 0 Å². The summed E-state index contributed by atoms with van der Waals surface area (Å²) in [6.07, 6.45) is 6.49. The number of amides is 1. The molecule has 0 spiro atoms. The van der Waals surface area contributed by atoms with Gasteiger partial charge in [-0.1, -0.05) is 62.4 Å². The first kappa shape index (κ1) is 24.7. The fourth-order valence-corrected chi connectivity index (χ4v) is 3.58. The molecule has 1 aromatic carbocycles. The number of benzene rings is 1. The smallest absolute Gasteiger partial charge is 0.413 e. The molecule has 0 radical (unpaired) electrons. The Balaban J connectivity index is 1.73. The van der Waals surface area contributed by atoms with Crippen LogP contribution in [0.2, 0.25) is 0 Å². The average Bonchev–Trinajstić information content (AvgIpc) is 2.75. The first-order valence-electron chi connectivity index (χ1n) is 11.1. The van der Waals surface area contributed by atoms with Gasteiger partial charge < -0.3 is 14.2 Å². The van der Waals surface area contributed by atoms with Gasteiger partial charge in [-0.2, -0.15) is 0 Å². The zero-order valence-corrected chi connectivity index (χ0v) is 18.9. The Labute approximate surface area is 185 Å². The number of carbonyl (C=O) groups excluding carboxylic acids is 3. The third-order valence-corrected chi connectivity index (χ3v) is 5.44. The van der Waals surface area contributed by atoms with Crippen molar-refractivity contribution in [2.75, 3.05) is 13.3 Å². The van der Waals surface area contributed by atoms with E-state index in [1.165, 1.54) is 37.0 Å². The first-order valence-corrected chi connectivity index (χ1v) is 11.1. The van der Waals surface area contributed by atoms with E-state index in [1.807, 2.05) is 30.3 Å². The minimum atomic E-state index is -0.732. The van der Waals surface area contributed by atoms with Crippen LogP contribution in [0.25, 0.3) is 0 Å². The lowest BCUT2D eigenvalue weighted by Gasteiger charge is -2.33. The van der Waals surface area contributed by atoms with Crippen LogP contribution in [-0.4, -0.2) is 41.8 Å². The van der Waals surface area contributed by atoms with Gasteiger partial charge >= 0.3 is 18.0 Å². The van der Waals surface area contributed by atoms with Gasteiger partial charge in [-0.05, 0) is 38.7 Å². The van der Waals surface area contributed by atoms with Crippen molar-refractivity contribution >= 4 is 18.0 Å². The van der Waals surface area contributed by atoms with Crippen molar-refractivity contribution in [1.29, 1.82) is 0 Å². The monoisotopic (exact) mass is 433 g/mol.